The molecule has 0 saturated carbocycles. The van der Waals surface area contributed by atoms with Crippen LogP contribution in [0.25, 0.3) is 0 Å². The largest absolute Gasteiger partial charge is 0.497 e. The number of aliphatic hydroxyl groups excluding tert-OH is 1. The lowest BCUT2D eigenvalue weighted by atomic mass is 9.82. The molecule has 1 fully saturated rings. The van der Waals surface area contributed by atoms with Gasteiger partial charge in [0.1, 0.15) is 5.75 Å². The van der Waals surface area contributed by atoms with Gasteiger partial charge in [0.15, 0.2) is 5.60 Å². The van der Waals surface area contributed by atoms with E-state index in [1.165, 1.54) is 17.3 Å². The average Bonchev–Trinajstić information content (AvgIpc) is 3.35. The lowest BCUT2D eigenvalue weighted by molar-refractivity contribution is -0.385. The van der Waals surface area contributed by atoms with Crippen molar-refractivity contribution in [2.45, 2.75) is 43.7 Å². The van der Waals surface area contributed by atoms with Crippen molar-refractivity contribution in [3.8, 4) is 5.75 Å². The number of benzene rings is 3. The molecule has 4 atom stereocenters. The number of carbonyl (C=O) groups excluding carboxylic acids is 1. The van der Waals surface area contributed by atoms with E-state index in [1.54, 1.807) is 18.1 Å². The highest BCUT2D eigenvalue weighted by Gasteiger charge is 2.66. The highest BCUT2D eigenvalue weighted by molar-refractivity contribution is 6.91. The Bertz CT molecular complexity index is 1360. The van der Waals surface area contributed by atoms with Crippen molar-refractivity contribution in [2.75, 3.05) is 18.6 Å². The first-order valence-corrected chi connectivity index (χ1v) is 15.9. The second-order valence-electron chi connectivity index (χ2n) is 10.6. The van der Waals surface area contributed by atoms with Crippen LogP contribution in [0.3, 0.4) is 0 Å². The third-order valence-electron chi connectivity index (χ3n) is 8.37. The number of rotatable bonds is 7. The molecule has 0 unspecified atom stereocenters. The normalized spacial score (nSPS) is 24.6. The molecule has 5 rings (SSSR count). The molecule has 0 aromatic heterocycles. The summed E-state index contributed by atoms with van der Waals surface area (Å²) in [4.78, 5) is 27.4. The van der Waals surface area contributed by atoms with Crippen molar-refractivity contribution in [3.05, 3.63) is 88.5 Å². The number of aliphatic hydroxyl groups is 1. The summed E-state index contributed by atoms with van der Waals surface area (Å²) in [5, 5.41) is 23.0. The monoisotopic (exact) mass is 532 g/mol. The smallest absolute Gasteiger partial charge is 0.269 e. The Hall–Kier alpha value is -3.53. The Labute approximate surface area is 223 Å². The van der Waals surface area contributed by atoms with Gasteiger partial charge in [-0.3, -0.25) is 19.8 Å². The lowest BCUT2D eigenvalue weighted by Gasteiger charge is -2.37. The van der Waals surface area contributed by atoms with E-state index in [0.717, 1.165) is 5.75 Å². The maximum absolute atomic E-state index is 14.5. The molecule has 2 aliphatic heterocycles. The van der Waals surface area contributed by atoms with Gasteiger partial charge in [-0.25, -0.2) is 0 Å². The number of anilines is 2. The Morgan fingerprint density at radius 1 is 1.11 bits per heavy atom. The third kappa shape index (κ3) is 3.84. The van der Waals surface area contributed by atoms with Gasteiger partial charge in [-0.15, -0.1) is 0 Å². The predicted octanol–water partition coefficient (Wildman–Crippen LogP) is 4.88. The number of hydrogen-bond donors (Lipinski definition) is 1. The van der Waals surface area contributed by atoms with E-state index in [-0.39, 0.29) is 29.7 Å². The fourth-order valence-electron chi connectivity index (χ4n) is 6.57. The molecule has 0 aliphatic carbocycles. The molecular formula is C29H32N2O6Si. The van der Waals surface area contributed by atoms with E-state index >= 15 is 0 Å². The van der Waals surface area contributed by atoms with Crippen LogP contribution < -0.4 is 14.8 Å². The van der Waals surface area contributed by atoms with E-state index in [0.29, 0.717) is 23.4 Å². The zero-order valence-corrected chi connectivity index (χ0v) is 23.0. The summed E-state index contributed by atoms with van der Waals surface area (Å²) in [5.41, 5.74) is 0.238. The van der Waals surface area contributed by atoms with Gasteiger partial charge in [-0.05, 0) is 42.3 Å². The molecule has 2 aliphatic rings. The Balaban J connectivity index is 1.68. The van der Waals surface area contributed by atoms with Crippen LogP contribution in [0.4, 0.5) is 17.1 Å². The second-order valence-corrected chi connectivity index (χ2v) is 15.3. The molecule has 1 saturated heterocycles. The maximum Gasteiger partial charge on any atom is 0.269 e. The fourth-order valence-corrected chi connectivity index (χ4v) is 10.6. The summed E-state index contributed by atoms with van der Waals surface area (Å²) in [5.74, 6) is 0.213. The molecule has 2 heterocycles. The fraction of sp³-hybridized carbons (Fsp3) is 0.345. The number of ether oxygens (including phenoxy) is 2. The number of methoxy groups -OCH3 is 1. The van der Waals surface area contributed by atoms with Crippen molar-refractivity contribution in [2.24, 2.45) is 5.92 Å². The molecule has 198 valence electrons. The third-order valence-corrected chi connectivity index (χ3v) is 12.7. The number of carbonyl (C=O) groups is 1. The number of non-ortho nitro benzene ring substituents is 1. The molecule has 8 nitrogen and oxygen atoms in total. The summed E-state index contributed by atoms with van der Waals surface area (Å²) in [6.07, 6.45) is -0.0304. The summed E-state index contributed by atoms with van der Waals surface area (Å²) >= 11 is 0. The van der Waals surface area contributed by atoms with Crippen molar-refractivity contribution < 1.29 is 24.3 Å². The first-order valence-electron chi connectivity index (χ1n) is 12.8. The minimum absolute atomic E-state index is 0.0465. The van der Waals surface area contributed by atoms with Crippen molar-refractivity contribution in [3.63, 3.8) is 0 Å². The molecule has 0 radical (unpaired) electrons. The predicted molar refractivity (Wildman–Crippen MR) is 148 cm³/mol. The Morgan fingerprint density at radius 2 is 1.79 bits per heavy atom. The van der Waals surface area contributed by atoms with Gasteiger partial charge < -0.3 is 14.6 Å². The summed E-state index contributed by atoms with van der Waals surface area (Å²) < 4.78 is 12.1. The van der Waals surface area contributed by atoms with Gasteiger partial charge >= 0.3 is 0 Å². The zero-order valence-electron chi connectivity index (χ0n) is 22.0. The quantitative estimate of drug-likeness (QED) is 0.264. The van der Waals surface area contributed by atoms with Crippen LogP contribution in [0.1, 0.15) is 18.9 Å². The number of nitrogens with zero attached hydrogens (tertiary/aromatic N) is 2. The van der Waals surface area contributed by atoms with Gasteiger partial charge in [0.25, 0.3) is 11.6 Å². The molecule has 1 amide bonds. The molecular weight excluding hydrogens is 500 g/mol. The number of nitro benzene ring substituents is 1. The van der Waals surface area contributed by atoms with Gasteiger partial charge in [-0.1, -0.05) is 55.5 Å². The van der Waals surface area contributed by atoms with Crippen LogP contribution in [0.5, 0.6) is 5.75 Å². The lowest BCUT2D eigenvalue weighted by Crippen LogP contribution is -2.51. The van der Waals surface area contributed by atoms with Crippen LogP contribution in [0.2, 0.25) is 18.6 Å². The van der Waals surface area contributed by atoms with Crippen molar-refractivity contribution in [1.82, 2.24) is 0 Å². The molecule has 3 aromatic carbocycles. The summed E-state index contributed by atoms with van der Waals surface area (Å²) in [7, 11) is -0.692. The molecule has 3 aromatic rings. The minimum atomic E-state index is -2.32. The van der Waals surface area contributed by atoms with Gasteiger partial charge in [-0.2, -0.15) is 0 Å². The van der Waals surface area contributed by atoms with Crippen molar-refractivity contribution in [1.29, 1.82) is 0 Å². The average molecular weight is 533 g/mol. The zero-order chi connectivity index (χ0) is 27.2. The van der Waals surface area contributed by atoms with E-state index in [9.17, 15) is 20.0 Å². The van der Waals surface area contributed by atoms with Crippen LogP contribution >= 0.6 is 0 Å². The number of nitro groups is 1. The number of amides is 1. The number of fused-ring (bicyclic) bond motifs is 2. The van der Waals surface area contributed by atoms with Gasteiger partial charge in [0.05, 0.1) is 31.9 Å². The molecule has 0 bridgehead atoms. The number of para-hydroxylation sites is 1. The number of hydrogen-bond acceptors (Lipinski definition) is 6. The maximum atomic E-state index is 14.5. The first kappa shape index (κ1) is 26.1. The highest BCUT2D eigenvalue weighted by Crippen LogP contribution is 2.61. The van der Waals surface area contributed by atoms with Crippen LogP contribution in [0.15, 0.2) is 72.8 Å². The second kappa shape index (κ2) is 9.65. The van der Waals surface area contributed by atoms with E-state index in [4.69, 9.17) is 9.47 Å². The molecule has 1 spiro atoms. The van der Waals surface area contributed by atoms with E-state index in [1.807, 2.05) is 49.4 Å². The van der Waals surface area contributed by atoms with Gasteiger partial charge in [0.2, 0.25) is 0 Å². The molecule has 9 heteroatoms. The van der Waals surface area contributed by atoms with Crippen molar-refractivity contribution >= 4 is 36.2 Å². The van der Waals surface area contributed by atoms with Crippen LogP contribution in [-0.2, 0) is 15.1 Å². The topological polar surface area (TPSA) is 102 Å². The Kier molecular flexibility index (Phi) is 6.62. The highest BCUT2D eigenvalue weighted by atomic mass is 28.3. The molecule has 38 heavy (non-hydrogen) atoms. The minimum Gasteiger partial charge on any atom is -0.497 e. The first-order chi connectivity index (χ1) is 18.2. The van der Waals surface area contributed by atoms with Crippen LogP contribution in [0, 0.1) is 16.0 Å². The molecule has 1 N–H and O–H groups in total. The summed E-state index contributed by atoms with van der Waals surface area (Å²) in [6.45, 7) is 6.45. The van der Waals surface area contributed by atoms with Gasteiger partial charge in [0, 0.05) is 35.9 Å². The SMILES string of the molecule is COc1ccc([Si](C)(C)[C@H]2[C@H](CCO)O[C@@]3(C(=O)N(c4ccccc4)c4ccc([N+](=O)[O-])cc43)[C@@H]2C)cc1. The van der Waals surface area contributed by atoms with Crippen LogP contribution in [-0.4, -0.2) is 43.8 Å². The Morgan fingerprint density at radius 3 is 2.39 bits per heavy atom. The summed E-state index contributed by atoms with van der Waals surface area (Å²) in [6, 6.07) is 21.9. The van der Waals surface area contributed by atoms with E-state index in [2.05, 4.69) is 25.2 Å². The standard InChI is InChI=1S/C29H32N2O6Si/c1-19-27(38(3,4)23-13-11-22(36-2)12-14-23)26(16-17-32)37-29(19)24-18-21(31(34)35)10-15-25(24)30(28(29)33)20-8-6-5-7-9-20/h5-15,18-19,26-27,32H,16-17H2,1-4H3/t19-,26+,27-,29+/m1/s1. The van der Waals surface area contributed by atoms with E-state index < -0.39 is 24.7 Å².